The fraction of sp³-hybridized carbons (Fsp3) is 0.200. The minimum Gasteiger partial charge on any atom is -0.371 e. The summed E-state index contributed by atoms with van der Waals surface area (Å²) in [5.41, 5.74) is 3.82. The van der Waals surface area contributed by atoms with E-state index >= 15 is 0 Å². The number of pyridine rings is 2. The number of imidazole rings is 1. The Morgan fingerprint density at radius 1 is 1.26 bits per heavy atom. The highest BCUT2D eigenvalue weighted by Crippen LogP contribution is 2.33. The molecule has 0 aliphatic heterocycles. The molecule has 23 heavy (non-hydrogen) atoms. The van der Waals surface area contributed by atoms with E-state index in [1.54, 1.807) is 12.5 Å². The van der Waals surface area contributed by atoms with Crippen LogP contribution in [0.4, 0.5) is 10.9 Å². The molecule has 7 nitrogen and oxygen atoms in total. The zero-order valence-electron chi connectivity index (χ0n) is 12.7. The van der Waals surface area contributed by atoms with Crippen LogP contribution in [0.25, 0.3) is 21.4 Å². The fourth-order valence-electron chi connectivity index (χ4n) is 2.51. The van der Waals surface area contributed by atoms with Crippen LogP contribution in [-0.4, -0.2) is 31.6 Å². The van der Waals surface area contributed by atoms with Crippen molar-refractivity contribution in [2.75, 3.05) is 17.7 Å². The van der Waals surface area contributed by atoms with Crippen molar-refractivity contribution >= 4 is 43.7 Å². The summed E-state index contributed by atoms with van der Waals surface area (Å²) < 4.78 is 1.98. The normalized spacial score (nSPS) is 11.2. The van der Waals surface area contributed by atoms with Crippen LogP contribution in [0.1, 0.15) is 5.56 Å². The second-order valence-electron chi connectivity index (χ2n) is 5.15. The molecule has 0 saturated heterocycles. The molecule has 4 aromatic rings. The van der Waals surface area contributed by atoms with E-state index in [0.717, 1.165) is 37.9 Å². The molecule has 4 rings (SSSR count). The van der Waals surface area contributed by atoms with Crippen molar-refractivity contribution in [1.29, 1.82) is 0 Å². The number of rotatable bonds is 4. The summed E-state index contributed by atoms with van der Waals surface area (Å²) in [5.74, 6) is 0.774. The molecule has 0 bridgehead atoms. The molecular formula is C15H15N7S. The molecule has 116 valence electrons. The van der Waals surface area contributed by atoms with Crippen molar-refractivity contribution in [1.82, 2.24) is 24.5 Å². The van der Waals surface area contributed by atoms with Crippen LogP contribution in [0.5, 0.6) is 0 Å². The first kappa shape index (κ1) is 13.9. The number of thiazole rings is 1. The van der Waals surface area contributed by atoms with E-state index in [0.29, 0.717) is 6.54 Å². The first-order valence-corrected chi connectivity index (χ1v) is 8.00. The largest absolute Gasteiger partial charge is 0.371 e. The zero-order valence-corrected chi connectivity index (χ0v) is 13.6. The first-order valence-electron chi connectivity index (χ1n) is 7.18. The Morgan fingerprint density at radius 2 is 2.17 bits per heavy atom. The summed E-state index contributed by atoms with van der Waals surface area (Å²) in [5, 5.41) is 7.29. The molecule has 0 spiro atoms. The fourth-order valence-corrected chi connectivity index (χ4v) is 3.35. The third kappa shape index (κ3) is 2.36. The van der Waals surface area contributed by atoms with Crippen LogP contribution < -0.4 is 10.6 Å². The standard InChI is InChI=1S/C15H15N7S/c1-16-13-10-12(22(2)8-19-10)11-14(21-13)23-15(20-11)18-7-9-4-3-5-17-6-9/h3-6,8H,7H2,1-2H3,(H,16,21)(H,18,20). The molecule has 0 aliphatic carbocycles. The molecule has 4 aromatic heterocycles. The lowest BCUT2D eigenvalue weighted by Crippen LogP contribution is -1.98. The summed E-state index contributed by atoms with van der Waals surface area (Å²) >= 11 is 1.54. The molecule has 0 aromatic carbocycles. The highest BCUT2D eigenvalue weighted by molar-refractivity contribution is 7.21. The maximum atomic E-state index is 4.70. The Balaban J connectivity index is 1.75. The Bertz CT molecular complexity index is 974. The SMILES string of the molecule is CNc1nc2sc(NCc3cccnc3)nc2c2c1ncn2C. The van der Waals surface area contributed by atoms with Gasteiger partial charge in [0.25, 0.3) is 0 Å². The Hall–Kier alpha value is -2.74. The van der Waals surface area contributed by atoms with Gasteiger partial charge in [-0.3, -0.25) is 4.98 Å². The van der Waals surface area contributed by atoms with E-state index in [4.69, 9.17) is 4.98 Å². The summed E-state index contributed by atoms with van der Waals surface area (Å²) in [6.07, 6.45) is 5.40. The first-order chi connectivity index (χ1) is 11.3. The van der Waals surface area contributed by atoms with Gasteiger partial charge in [-0.2, -0.15) is 0 Å². The van der Waals surface area contributed by atoms with Crippen LogP contribution in [0, 0.1) is 0 Å². The van der Waals surface area contributed by atoms with Crippen LogP contribution in [-0.2, 0) is 13.6 Å². The smallest absolute Gasteiger partial charge is 0.185 e. The summed E-state index contributed by atoms with van der Waals surface area (Å²) in [6, 6.07) is 3.96. The van der Waals surface area contributed by atoms with Crippen LogP contribution >= 0.6 is 11.3 Å². The molecule has 0 aliphatic rings. The maximum absolute atomic E-state index is 4.70. The topological polar surface area (TPSA) is 80.6 Å². The number of nitrogens with one attached hydrogen (secondary N) is 2. The summed E-state index contributed by atoms with van der Waals surface area (Å²) in [6.45, 7) is 0.682. The number of fused-ring (bicyclic) bond motifs is 3. The second-order valence-corrected chi connectivity index (χ2v) is 6.13. The molecule has 4 heterocycles. The molecule has 8 heteroatoms. The third-order valence-corrected chi connectivity index (χ3v) is 4.52. The van der Waals surface area contributed by atoms with Gasteiger partial charge >= 0.3 is 0 Å². The van der Waals surface area contributed by atoms with Crippen molar-refractivity contribution in [3.63, 3.8) is 0 Å². The number of aryl methyl sites for hydroxylation is 1. The van der Waals surface area contributed by atoms with Gasteiger partial charge in [-0.25, -0.2) is 15.0 Å². The summed E-state index contributed by atoms with van der Waals surface area (Å²) in [4.78, 5) is 18.8. The van der Waals surface area contributed by atoms with Gasteiger partial charge < -0.3 is 15.2 Å². The van der Waals surface area contributed by atoms with Gasteiger partial charge in [0.05, 0.1) is 6.33 Å². The van der Waals surface area contributed by atoms with Crippen molar-refractivity contribution in [2.24, 2.45) is 7.05 Å². The van der Waals surface area contributed by atoms with Gasteiger partial charge in [0.15, 0.2) is 10.9 Å². The van der Waals surface area contributed by atoms with Crippen LogP contribution in [0.2, 0.25) is 0 Å². The number of hydrogen-bond acceptors (Lipinski definition) is 7. The van der Waals surface area contributed by atoms with Crippen molar-refractivity contribution in [2.45, 2.75) is 6.54 Å². The lowest BCUT2D eigenvalue weighted by atomic mass is 10.3. The van der Waals surface area contributed by atoms with Crippen LogP contribution in [0.15, 0.2) is 30.9 Å². The van der Waals surface area contributed by atoms with Gasteiger partial charge in [0.1, 0.15) is 21.4 Å². The maximum Gasteiger partial charge on any atom is 0.185 e. The number of nitrogens with zero attached hydrogens (tertiary/aromatic N) is 5. The Kier molecular flexibility index (Phi) is 3.30. The average molecular weight is 325 g/mol. The lowest BCUT2D eigenvalue weighted by Gasteiger charge is -2.01. The average Bonchev–Trinajstić information content (AvgIpc) is 3.16. The number of aromatic nitrogens is 5. The van der Waals surface area contributed by atoms with Gasteiger partial charge in [-0.1, -0.05) is 17.4 Å². The molecule has 0 fully saturated rings. The summed E-state index contributed by atoms with van der Waals surface area (Å²) in [7, 11) is 3.82. The van der Waals surface area contributed by atoms with Gasteiger partial charge in [-0.15, -0.1) is 0 Å². The van der Waals surface area contributed by atoms with Crippen molar-refractivity contribution < 1.29 is 0 Å². The molecule has 0 amide bonds. The van der Waals surface area contributed by atoms with E-state index < -0.39 is 0 Å². The predicted molar refractivity (Wildman–Crippen MR) is 92.8 cm³/mol. The minimum absolute atomic E-state index is 0.682. The number of anilines is 2. The molecule has 2 N–H and O–H groups in total. The molecular weight excluding hydrogens is 310 g/mol. The molecule has 0 saturated carbocycles. The molecule has 0 atom stereocenters. The van der Waals surface area contributed by atoms with E-state index in [-0.39, 0.29) is 0 Å². The number of hydrogen-bond donors (Lipinski definition) is 2. The van der Waals surface area contributed by atoms with E-state index in [9.17, 15) is 0 Å². The van der Waals surface area contributed by atoms with E-state index in [1.165, 1.54) is 11.3 Å². The second kappa shape index (κ2) is 5.47. The monoisotopic (exact) mass is 325 g/mol. The quantitative estimate of drug-likeness (QED) is 0.600. The van der Waals surface area contributed by atoms with Gasteiger partial charge in [-0.05, 0) is 11.6 Å². The van der Waals surface area contributed by atoms with E-state index in [1.807, 2.05) is 37.0 Å². The van der Waals surface area contributed by atoms with Gasteiger partial charge in [0, 0.05) is 33.0 Å². The predicted octanol–water partition coefficient (Wildman–Crippen LogP) is 2.63. The third-order valence-electron chi connectivity index (χ3n) is 3.61. The minimum atomic E-state index is 0.682. The lowest BCUT2D eigenvalue weighted by molar-refractivity contribution is 0.949. The highest BCUT2D eigenvalue weighted by Gasteiger charge is 2.16. The van der Waals surface area contributed by atoms with Crippen molar-refractivity contribution in [3.05, 3.63) is 36.4 Å². The molecule has 0 radical (unpaired) electrons. The highest BCUT2D eigenvalue weighted by atomic mass is 32.1. The van der Waals surface area contributed by atoms with Crippen LogP contribution in [0.3, 0.4) is 0 Å². The molecule has 0 unspecified atom stereocenters. The van der Waals surface area contributed by atoms with E-state index in [2.05, 4.69) is 25.6 Å². The van der Waals surface area contributed by atoms with Gasteiger partial charge in [0.2, 0.25) is 0 Å². The van der Waals surface area contributed by atoms with Crippen molar-refractivity contribution in [3.8, 4) is 0 Å². The zero-order chi connectivity index (χ0) is 15.8. The Labute approximate surface area is 136 Å². The Morgan fingerprint density at radius 3 is 2.96 bits per heavy atom.